The molecule has 1 aliphatic carbocycles. The molecule has 1 unspecified atom stereocenters. The van der Waals surface area contributed by atoms with Gasteiger partial charge in [-0.3, -0.25) is 0 Å². The summed E-state index contributed by atoms with van der Waals surface area (Å²) in [6.07, 6.45) is 8.25. The average Bonchev–Trinajstić information content (AvgIpc) is 2.83. The third kappa shape index (κ3) is 3.60. The number of urea groups is 1. The Morgan fingerprint density at radius 2 is 2.00 bits per heavy atom. The molecule has 0 spiro atoms. The first-order valence-electron chi connectivity index (χ1n) is 7.05. The van der Waals surface area contributed by atoms with Crippen molar-refractivity contribution in [3.8, 4) is 0 Å². The molecule has 98 valence electrons. The fourth-order valence-electron chi connectivity index (χ4n) is 3.06. The van der Waals surface area contributed by atoms with Gasteiger partial charge < -0.3 is 16.0 Å². The number of carbonyl (C=O) groups is 1. The van der Waals surface area contributed by atoms with Gasteiger partial charge in [0.2, 0.25) is 0 Å². The Bertz CT molecular complexity index is 249. The highest BCUT2D eigenvalue weighted by molar-refractivity contribution is 5.74. The summed E-state index contributed by atoms with van der Waals surface area (Å²) in [7, 11) is 0. The van der Waals surface area contributed by atoms with Crippen LogP contribution in [-0.4, -0.2) is 36.6 Å². The molecule has 2 fully saturated rings. The van der Waals surface area contributed by atoms with Crippen molar-refractivity contribution in [2.45, 2.75) is 51.0 Å². The van der Waals surface area contributed by atoms with Gasteiger partial charge >= 0.3 is 6.03 Å². The van der Waals surface area contributed by atoms with E-state index >= 15 is 0 Å². The van der Waals surface area contributed by atoms with Gasteiger partial charge in [-0.2, -0.15) is 0 Å². The molecule has 1 saturated carbocycles. The lowest BCUT2D eigenvalue weighted by atomic mass is 9.95. The molecule has 0 radical (unpaired) electrons. The van der Waals surface area contributed by atoms with Gasteiger partial charge in [0.05, 0.1) is 0 Å². The maximum absolute atomic E-state index is 12.1. The van der Waals surface area contributed by atoms with Crippen LogP contribution in [0.25, 0.3) is 0 Å². The van der Waals surface area contributed by atoms with E-state index < -0.39 is 0 Å². The van der Waals surface area contributed by atoms with Crippen LogP contribution in [0, 0.1) is 5.92 Å². The molecule has 2 rings (SSSR count). The Kier molecular flexibility index (Phi) is 4.66. The second kappa shape index (κ2) is 6.24. The van der Waals surface area contributed by atoms with Gasteiger partial charge in [0.25, 0.3) is 0 Å². The first-order chi connectivity index (χ1) is 8.29. The van der Waals surface area contributed by atoms with Crippen LogP contribution in [-0.2, 0) is 0 Å². The predicted octanol–water partition coefficient (Wildman–Crippen LogP) is 1.70. The topological polar surface area (TPSA) is 58.4 Å². The minimum absolute atomic E-state index is 0.152. The molecule has 4 heteroatoms. The largest absolute Gasteiger partial charge is 0.335 e. The maximum Gasteiger partial charge on any atom is 0.317 e. The Hall–Kier alpha value is -0.770. The Labute approximate surface area is 104 Å². The van der Waals surface area contributed by atoms with Crippen molar-refractivity contribution in [2.24, 2.45) is 11.7 Å². The van der Waals surface area contributed by atoms with E-state index in [1.54, 1.807) is 0 Å². The van der Waals surface area contributed by atoms with E-state index in [4.69, 9.17) is 5.73 Å². The van der Waals surface area contributed by atoms with Crippen LogP contribution in [0.1, 0.15) is 44.9 Å². The van der Waals surface area contributed by atoms with Crippen molar-refractivity contribution in [3.63, 3.8) is 0 Å². The Morgan fingerprint density at radius 3 is 2.71 bits per heavy atom. The van der Waals surface area contributed by atoms with Crippen molar-refractivity contribution in [1.82, 2.24) is 10.2 Å². The lowest BCUT2D eigenvalue weighted by Crippen LogP contribution is -2.48. The number of amides is 2. The fourth-order valence-corrected chi connectivity index (χ4v) is 3.06. The van der Waals surface area contributed by atoms with Gasteiger partial charge in [0.1, 0.15) is 0 Å². The molecule has 1 aliphatic heterocycles. The number of piperidine rings is 1. The van der Waals surface area contributed by atoms with E-state index in [2.05, 4.69) is 5.32 Å². The number of carbonyl (C=O) groups excluding carboxylic acids is 1. The molecular weight excluding hydrogens is 214 g/mol. The number of likely N-dealkylation sites (tertiary alicyclic amines) is 1. The first kappa shape index (κ1) is 12.7. The van der Waals surface area contributed by atoms with E-state index in [0.29, 0.717) is 12.0 Å². The zero-order valence-electron chi connectivity index (χ0n) is 10.7. The number of rotatable bonds is 3. The fraction of sp³-hybridized carbons (Fsp3) is 0.923. The SMILES string of the molecule is NCCC1CCCN(C(=O)NC2CCCC2)C1. The molecule has 0 aromatic carbocycles. The molecule has 17 heavy (non-hydrogen) atoms. The molecule has 0 bridgehead atoms. The van der Waals surface area contributed by atoms with Crippen LogP contribution in [0.2, 0.25) is 0 Å². The summed E-state index contributed by atoms with van der Waals surface area (Å²) >= 11 is 0. The van der Waals surface area contributed by atoms with Crippen molar-refractivity contribution >= 4 is 6.03 Å². The molecule has 1 atom stereocenters. The summed E-state index contributed by atoms with van der Waals surface area (Å²) in [6, 6.07) is 0.580. The second-order valence-corrected chi connectivity index (χ2v) is 5.46. The van der Waals surface area contributed by atoms with Gasteiger partial charge in [0.15, 0.2) is 0 Å². The molecule has 0 aromatic rings. The lowest BCUT2D eigenvalue weighted by Gasteiger charge is -2.33. The Balaban J connectivity index is 1.77. The highest BCUT2D eigenvalue weighted by Crippen LogP contribution is 2.21. The molecule has 1 saturated heterocycles. The smallest absolute Gasteiger partial charge is 0.317 e. The molecule has 3 N–H and O–H groups in total. The van der Waals surface area contributed by atoms with E-state index in [1.165, 1.54) is 19.3 Å². The molecule has 0 aromatic heterocycles. The van der Waals surface area contributed by atoms with Crippen molar-refractivity contribution in [2.75, 3.05) is 19.6 Å². The number of nitrogens with zero attached hydrogens (tertiary/aromatic N) is 1. The predicted molar refractivity (Wildman–Crippen MR) is 68.8 cm³/mol. The van der Waals surface area contributed by atoms with E-state index in [0.717, 1.165) is 45.3 Å². The molecular formula is C13H25N3O. The zero-order valence-corrected chi connectivity index (χ0v) is 10.7. The van der Waals surface area contributed by atoms with Crippen molar-refractivity contribution in [1.29, 1.82) is 0 Å². The standard InChI is InChI=1S/C13H25N3O/c14-8-7-11-4-3-9-16(10-11)13(17)15-12-5-1-2-6-12/h11-12H,1-10,14H2,(H,15,17). The first-order valence-corrected chi connectivity index (χ1v) is 7.05. The summed E-state index contributed by atoms with van der Waals surface area (Å²) in [5, 5.41) is 3.17. The summed E-state index contributed by atoms with van der Waals surface area (Å²) in [4.78, 5) is 14.1. The van der Waals surface area contributed by atoms with Crippen LogP contribution < -0.4 is 11.1 Å². The molecule has 4 nitrogen and oxygen atoms in total. The Morgan fingerprint density at radius 1 is 1.24 bits per heavy atom. The molecule has 1 heterocycles. The van der Waals surface area contributed by atoms with E-state index in [1.807, 2.05) is 4.90 Å². The van der Waals surface area contributed by atoms with Crippen molar-refractivity contribution < 1.29 is 4.79 Å². The minimum Gasteiger partial charge on any atom is -0.335 e. The number of nitrogens with one attached hydrogen (secondary N) is 1. The van der Waals surface area contributed by atoms with Crippen LogP contribution in [0.15, 0.2) is 0 Å². The van der Waals surface area contributed by atoms with Gasteiger partial charge in [-0.05, 0) is 44.6 Å². The summed E-state index contributed by atoms with van der Waals surface area (Å²) in [6.45, 7) is 2.55. The van der Waals surface area contributed by atoms with E-state index in [9.17, 15) is 4.79 Å². The summed E-state index contributed by atoms with van der Waals surface area (Å²) in [5.74, 6) is 0.614. The van der Waals surface area contributed by atoms with Crippen molar-refractivity contribution in [3.05, 3.63) is 0 Å². The van der Waals surface area contributed by atoms with Crippen LogP contribution >= 0.6 is 0 Å². The second-order valence-electron chi connectivity index (χ2n) is 5.46. The third-order valence-corrected chi connectivity index (χ3v) is 4.06. The van der Waals surface area contributed by atoms with Gasteiger partial charge in [-0.1, -0.05) is 12.8 Å². The normalized spacial score (nSPS) is 26.2. The summed E-state index contributed by atoms with van der Waals surface area (Å²) in [5.41, 5.74) is 5.59. The van der Waals surface area contributed by atoms with E-state index in [-0.39, 0.29) is 6.03 Å². The quantitative estimate of drug-likeness (QED) is 0.787. The zero-order chi connectivity index (χ0) is 12.1. The number of hydrogen-bond donors (Lipinski definition) is 2. The monoisotopic (exact) mass is 239 g/mol. The molecule has 2 aliphatic rings. The van der Waals surface area contributed by atoms with Crippen LogP contribution in [0.4, 0.5) is 4.79 Å². The number of nitrogens with two attached hydrogens (primary N) is 1. The van der Waals surface area contributed by atoms with Gasteiger partial charge in [-0.25, -0.2) is 4.79 Å². The maximum atomic E-state index is 12.1. The minimum atomic E-state index is 0.152. The third-order valence-electron chi connectivity index (χ3n) is 4.06. The van der Waals surface area contributed by atoms with Gasteiger partial charge in [0, 0.05) is 19.1 Å². The summed E-state index contributed by atoms with van der Waals surface area (Å²) < 4.78 is 0. The lowest BCUT2D eigenvalue weighted by molar-refractivity contribution is 0.160. The highest BCUT2D eigenvalue weighted by atomic mass is 16.2. The molecule has 2 amide bonds. The highest BCUT2D eigenvalue weighted by Gasteiger charge is 2.25. The van der Waals surface area contributed by atoms with Crippen LogP contribution in [0.5, 0.6) is 0 Å². The van der Waals surface area contributed by atoms with Crippen LogP contribution in [0.3, 0.4) is 0 Å². The van der Waals surface area contributed by atoms with Gasteiger partial charge in [-0.15, -0.1) is 0 Å². The number of hydrogen-bond acceptors (Lipinski definition) is 2. The average molecular weight is 239 g/mol.